The van der Waals surface area contributed by atoms with Crippen LogP contribution >= 0.6 is 0 Å². The van der Waals surface area contributed by atoms with Crippen molar-refractivity contribution in [2.24, 2.45) is 0 Å². The van der Waals surface area contributed by atoms with E-state index in [1.807, 2.05) is 24.0 Å². The summed E-state index contributed by atoms with van der Waals surface area (Å²) in [5.41, 5.74) is 0. The second kappa shape index (κ2) is 6.73. The first-order chi connectivity index (χ1) is 9.19. The fourth-order valence-electron chi connectivity index (χ4n) is 2.37. The average molecular weight is 266 g/mol. The molecule has 1 aliphatic heterocycles. The minimum Gasteiger partial charge on any atom is -0.466 e. The van der Waals surface area contributed by atoms with Gasteiger partial charge in [-0.05, 0) is 19.1 Å². The van der Waals surface area contributed by atoms with Gasteiger partial charge in [0, 0.05) is 45.6 Å². The van der Waals surface area contributed by atoms with Gasteiger partial charge in [-0.3, -0.25) is 9.69 Å². The monoisotopic (exact) mass is 266 g/mol. The van der Waals surface area contributed by atoms with Crippen molar-refractivity contribution in [1.29, 1.82) is 0 Å². The molecule has 0 bridgehead atoms. The standard InChI is InChI=1S/C14H22N2O3/c1-12-2-3-13(19-12)4-5-14(18)16-8-6-15(7-9-16)10-11-17/h2-3,17H,4-11H2,1H3. The minimum atomic E-state index is 0.186. The fourth-order valence-corrected chi connectivity index (χ4v) is 2.37. The van der Waals surface area contributed by atoms with Crippen LogP contribution in [0.5, 0.6) is 0 Å². The number of nitrogens with zero attached hydrogens (tertiary/aromatic N) is 2. The fraction of sp³-hybridized carbons (Fsp3) is 0.643. The van der Waals surface area contributed by atoms with Gasteiger partial charge in [0.25, 0.3) is 0 Å². The summed E-state index contributed by atoms with van der Waals surface area (Å²) in [6, 6.07) is 3.86. The molecule has 2 heterocycles. The molecular weight excluding hydrogens is 244 g/mol. The Labute approximate surface area is 113 Å². The first kappa shape index (κ1) is 14.1. The van der Waals surface area contributed by atoms with E-state index < -0.39 is 0 Å². The van der Waals surface area contributed by atoms with Crippen LogP contribution < -0.4 is 0 Å². The molecule has 106 valence electrons. The Morgan fingerprint density at radius 3 is 2.63 bits per heavy atom. The summed E-state index contributed by atoms with van der Waals surface area (Å²) in [6.45, 7) is 6.02. The normalized spacial score (nSPS) is 16.8. The van der Waals surface area contributed by atoms with Gasteiger partial charge in [-0.1, -0.05) is 0 Å². The quantitative estimate of drug-likeness (QED) is 0.850. The predicted octanol–water partition coefficient (Wildman–Crippen LogP) is 0.657. The van der Waals surface area contributed by atoms with E-state index in [2.05, 4.69) is 4.90 Å². The maximum absolute atomic E-state index is 12.1. The SMILES string of the molecule is Cc1ccc(CCC(=O)N2CCN(CCO)CC2)o1. The molecule has 5 nitrogen and oxygen atoms in total. The lowest BCUT2D eigenvalue weighted by molar-refractivity contribution is -0.133. The highest BCUT2D eigenvalue weighted by atomic mass is 16.3. The molecule has 2 rings (SSSR count). The summed E-state index contributed by atoms with van der Waals surface area (Å²) >= 11 is 0. The maximum Gasteiger partial charge on any atom is 0.223 e. The number of carbonyl (C=O) groups excluding carboxylic acids is 1. The molecular formula is C14H22N2O3. The van der Waals surface area contributed by atoms with Crippen LogP contribution in [0.1, 0.15) is 17.9 Å². The summed E-state index contributed by atoms with van der Waals surface area (Å²) in [4.78, 5) is 16.1. The number of rotatable bonds is 5. The van der Waals surface area contributed by atoms with E-state index in [0.29, 0.717) is 19.4 Å². The van der Waals surface area contributed by atoms with Crippen LogP contribution in [-0.2, 0) is 11.2 Å². The summed E-state index contributed by atoms with van der Waals surface area (Å²) < 4.78 is 5.46. The number of furan rings is 1. The third kappa shape index (κ3) is 4.08. The largest absolute Gasteiger partial charge is 0.466 e. The molecule has 0 saturated carbocycles. The third-order valence-corrected chi connectivity index (χ3v) is 3.52. The lowest BCUT2D eigenvalue weighted by atomic mass is 10.2. The van der Waals surface area contributed by atoms with Crippen LogP contribution in [0.3, 0.4) is 0 Å². The Balaban J connectivity index is 1.72. The third-order valence-electron chi connectivity index (χ3n) is 3.52. The summed E-state index contributed by atoms with van der Waals surface area (Å²) in [5, 5.41) is 8.87. The highest BCUT2D eigenvalue weighted by molar-refractivity contribution is 5.76. The van der Waals surface area contributed by atoms with Crippen LogP contribution in [0.25, 0.3) is 0 Å². The molecule has 1 aromatic heterocycles. The zero-order chi connectivity index (χ0) is 13.7. The molecule has 1 aromatic rings. The topological polar surface area (TPSA) is 56.9 Å². The molecule has 0 radical (unpaired) electrons. The van der Waals surface area contributed by atoms with Gasteiger partial charge in [0.15, 0.2) is 0 Å². The molecule has 1 saturated heterocycles. The minimum absolute atomic E-state index is 0.186. The predicted molar refractivity (Wildman–Crippen MR) is 71.9 cm³/mol. The zero-order valence-corrected chi connectivity index (χ0v) is 11.5. The van der Waals surface area contributed by atoms with Gasteiger partial charge in [-0.15, -0.1) is 0 Å². The average Bonchev–Trinajstić information content (AvgIpc) is 2.83. The van der Waals surface area contributed by atoms with Gasteiger partial charge < -0.3 is 14.4 Å². The molecule has 0 spiro atoms. The Hall–Kier alpha value is -1.33. The van der Waals surface area contributed by atoms with Crippen molar-refractivity contribution < 1.29 is 14.3 Å². The number of piperazine rings is 1. The Morgan fingerprint density at radius 2 is 2.05 bits per heavy atom. The molecule has 1 amide bonds. The number of β-amino-alcohol motifs (C(OH)–C–C–N with tert-alkyl or cyclic N) is 1. The van der Waals surface area contributed by atoms with Crippen molar-refractivity contribution in [2.75, 3.05) is 39.3 Å². The Kier molecular flexibility index (Phi) is 4.99. The second-order valence-electron chi connectivity index (χ2n) is 4.96. The molecule has 1 aliphatic rings. The lowest BCUT2D eigenvalue weighted by Gasteiger charge is -2.34. The number of hydrogen-bond donors (Lipinski definition) is 1. The smallest absolute Gasteiger partial charge is 0.223 e. The number of aliphatic hydroxyl groups excluding tert-OH is 1. The van der Waals surface area contributed by atoms with Crippen LogP contribution in [-0.4, -0.2) is 60.1 Å². The molecule has 5 heteroatoms. The highest BCUT2D eigenvalue weighted by Gasteiger charge is 2.20. The van der Waals surface area contributed by atoms with Gasteiger partial charge in [-0.2, -0.15) is 0 Å². The highest BCUT2D eigenvalue weighted by Crippen LogP contribution is 2.10. The molecule has 0 atom stereocenters. The van der Waals surface area contributed by atoms with Crippen molar-refractivity contribution in [3.63, 3.8) is 0 Å². The number of aliphatic hydroxyl groups is 1. The van der Waals surface area contributed by atoms with Crippen LogP contribution in [0.2, 0.25) is 0 Å². The van der Waals surface area contributed by atoms with E-state index in [9.17, 15) is 4.79 Å². The van der Waals surface area contributed by atoms with E-state index in [-0.39, 0.29) is 12.5 Å². The number of carbonyl (C=O) groups is 1. The van der Waals surface area contributed by atoms with Gasteiger partial charge in [0.1, 0.15) is 11.5 Å². The Bertz CT molecular complexity index is 409. The van der Waals surface area contributed by atoms with Crippen molar-refractivity contribution in [2.45, 2.75) is 19.8 Å². The van der Waals surface area contributed by atoms with E-state index in [1.165, 1.54) is 0 Å². The molecule has 19 heavy (non-hydrogen) atoms. The van der Waals surface area contributed by atoms with Gasteiger partial charge >= 0.3 is 0 Å². The second-order valence-corrected chi connectivity index (χ2v) is 4.96. The number of aryl methyl sites for hydroxylation is 2. The van der Waals surface area contributed by atoms with Crippen molar-refractivity contribution in [3.05, 3.63) is 23.7 Å². The van der Waals surface area contributed by atoms with Crippen molar-refractivity contribution in [1.82, 2.24) is 9.80 Å². The van der Waals surface area contributed by atoms with Gasteiger partial charge in [0.2, 0.25) is 5.91 Å². The van der Waals surface area contributed by atoms with Crippen molar-refractivity contribution in [3.8, 4) is 0 Å². The van der Waals surface area contributed by atoms with Crippen LogP contribution in [0, 0.1) is 6.92 Å². The molecule has 0 unspecified atom stereocenters. The first-order valence-electron chi connectivity index (χ1n) is 6.85. The summed E-state index contributed by atoms with van der Waals surface area (Å²) in [6.07, 6.45) is 1.18. The Morgan fingerprint density at radius 1 is 1.32 bits per heavy atom. The number of amides is 1. The van der Waals surface area contributed by atoms with E-state index in [1.54, 1.807) is 0 Å². The van der Waals surface area contributed by atoms with Crippen LogP contribution in [0.4, 0.5) is 0 Å². The summed E-state index contributed by atoms with van der Waals surface area (Å²) in [5.74, 6) is 1.96. The zero-order valence-electron chi connectivity index (χ0n) is 11.5. The van der Waals surface area contributed by atoms with Crippen LogP contribution in [0.15, 0.2) is 16.5 Å². The van der Waals surface area contributed by atoms with E-state index in [0.717, 1.165) is 37.7 Å². The van der Waals surface area contributed by atoms with Crippen molar-refractivity contribution >= 4 is 5.91 Å². The van der Waals surface area contributed by atoms with Gasteiger partial charge in [0.05, 0.1) is 6.61 Å². The van der Waals surface area contributed by atoms with E-state index >= 15 is 0 Å². The molecule has 1 N–H and O–H groups in total. The summed E-state index contributed by atoms with van der Waals surface area (Å²) in [7, 11) is 0. The van der Waals surface area contributed by atoms with E-state index in [4.69, 9.17) is 9.52 Å². The maximum atomic E-state index is 12.1. The lowest BCUT2D eigenvalue weighted by Crippen LogP contribution is -2.49. The molecule has 1 fully saturated rings. The van der Waals surface area contributed by atoms with Gasteiger partial charge in [-0.25, -0.2) is 0 Å². The molecule has 0 aliphatic carbocycles. The first-order valence-corrected chi connectivity index (χ1v) is 6.85. The number of hydrogen-bond acceptors (Lipinski definition) is 4. The molecule has 0 aromatic carbocycles.